The summed E-state index contributed by atoms with van der Waals surface area (Å²) in [5.74, 6) is 0. The Kier molecular flexibility index (Phi) is 8.31. The molecule has 1 N–H and O–H groups in total. The summed E-state index contributed by atoms with van der Waals surface area (Å²) in [7, 11) is 0. The Morgan fingerprint density at radius 1 is 0.375 bits per heavy atom. The fraction of sp³-hybridized carbons (Fsp3) is 0. The average Bonchev–Trinajstić information content (AvgIpc) is 3.77. The van der Waals surface area contributed by atoms with Crippen LogP contribution >= 0.6 is 0 Å². The maximum atomic E-state index is 8.87. The van der Waals surface area contributed by atoms with Crippen molar-refractivity contribution in [1.29, 1.82) is 5.41 Å². The molecule has 0 fully saturated rings. The first-order chi connectivity index (χ1) is 27.7. The molecular formula is C53H37N3. The van der Waals surface area contributed by atoms with Crippen molar-refractivity contribution in [3.8, 4) is 39.1 Å². The summed E-state index contributed by atoms with van der Waals surface area (Å²) in [6.45, 7) is 0. The highest BCUT2D eigenvalue weighted by molar-refractivity contribution is 6.12. The molecule has 0 unspecified atom stereocenters. The van der Waals surface area contributed by atoms with E-state index in [0.29, 0.717) is 5.71 Å². The minimum absolute atomic E-state index is 0.465. The lowest BCUT2D eigenvalue weighted by molar-refractivity contribution is 1.18. The number of hydrogen-bond acceptors (Lipinski definition) is 1. The van der Waals surface area contributed by atoms with Crippen molar-refractivity contribution in [2.24, 2.45) is 0 Å². The van der Waals surface area contributed by atoms with Gasteiger partial charge in [0.15, 0.2) is 0 Å². The van der Waals surface area contributed by atoms with Gasteiger partial charge in [-0.25, -0.2) is 0 Å². The van der Waals surface area contributed by atoms with E-state index in [2.05, 4.69) is 191 Å². The van der Waals surface area contributed by atoms with Crippen LogP contribution in [0.2, 0.25) is 0 Å². The highest BCUT2D eigenvalue weighted by Gasteiger charge is 2.15. The third-order valence-corrected chi connectivity index (χ3v) is 10.8. The normalized spacial score (nSPS) is 11.9. The van der Waals surface area contributed by atoms with Crippen molar-refractivity contribution >= 4 is 55.5 Å². The number of aromatic nitrogens is 2. The van der Waals surface area contributed by atoms with E-state index in [1.165, 1.54) is 54.8 Å². The molecule has 0 aliphatic heterocycles. The smallest absolute Gasteiger partial charge is 0.0612 e. The van der Waals surface area contributed by atoms with Gasteiger partial charge in [-0.05, 0) is 99.6 Å². The largest absolute Gasteiger partial charge is 0.316 e. The molecule has 10 aromatic rings. The van der Waals surface area contributed by atoms with Crippen LogP contribution < -0.4 is 0 Å². The number of allylic oxidation sites excluding steroid dienone is 3. The van der Waals surface area contributed by atoms with Gasteiger partial charge in [0.05, 0.1) is 27.8 Å². The quantitative estimate of drug-likeness (QED) is 0.120. The van der Waals surface area contributed by atoms with Crippen molar-refractivity contribution in [2.45, 2.75) is 0 Å². The van der Waals surface area contributed by atoms with Crippen molar-refractivity contribution in [2.75, 3.05) is 0 Å². The molecule has 0 aliphatic rings. The molecule has 2 heterocycles. The lowest BCUT2D eigenvalue weighted by atomic mass is 9.98. The maximum Gasteiger partial charge on any atom is 0.0612 e. The fourth-order valence-corrected chi connectivity index (χ4v) is 8.08. The molecule has 3 heteroatoms. The lowest BCUT2D eigenvalue weighted by Crippen LogP contribution is -1.94. The van der Waals surface area contributed by atoms with E-state index in [1.54, 1.807) is 0 Å². The van der Waals surface area contributed by atoms with E-state index in [4.69, 9.17) is 5.41 Å². The van der Waals surface area contributed by atoms with Gasteiger partial charge in [0.25, 0.3) is 0 Å². The second-order valence-electron chi connectivity index (χ2n) is 14.2. The molecular weight excluding hydrogens is 679 g/mol. The Morgan fingerprint density at radius 3 is 1.70 bits per heavy atom. The summed E-state index contributed by atoms with van der Waals surface area (Å²) >= 11 is 0. The minimum Gasteiger partial charge on any atom is -0.316 e. The molecule has 0 atom stereocenters. The SMILES string of the molecule is N=C(/C=C\C=C\n1c2ccccc2c2cc(-c3ccc4c5ccccc5n(-c5ccccc5)c4c3)ccc21)c1cccc(-c2ccc(-c3ccccc3)cc2)c1. The fourth-order valence-electron chi connectivity index (χ4n) is 8.08. The standard InChI is InChI=1S/C53H37N3/c54-49(43-17-13-16-40(34-43)39-27-25-38(26-28-39)37-14-3-1-4-15-37)22-11-12-33-55-50-23-9-7-21-46(50)48-35-41(30-32-51(48)55)42-29-31-47-45-20-8-10-24-52(45)56(53(47)36-42)44-18-5-2-6-19-44/h1-36,54H/b22-11-,33-12+,54-49?. The Bertz CT molecular complexity index is 3120. The summed E-state index contributed by atoms with van der Waals surface area (Å²) in [6, 6.07) is 68.8. The molecule has 0 aliphatic carbocycles. The average molecular weight is 716 g/mol. The molecule has 8 aromatic carbocycles. The van der Waals surface area contributed by atoms with Gasteiger partial charge in [-0.3, -0.25) is 0 Å². The van der Waals surface area contributed by atoms with Crippen LogP contribution in [0.4, 0.5) is 0 Å². The molecule has 2 aromatic heterocycles. The molecule has 0 amide bonds. The zero-order valence-corrected chi connectivity index (χ0v) is 30.7. The molecule has 56 heavy (non-hydrogen) atoms. The second kappa shape index (κ2) is 14.1. The van der Waals surface area contributed by atoms with Crippen molar-refractivity contribution < 1.29 is 0 Å². The van der Waals surface area contributed by atoms with Gasteiger partial charge >= 0.3 is 0 Å². The number of fused-ring (bicyclic) bond motifs is 6. The van der Waals surface area contributed by atoms with E-state index in [0.717, 1.165) is 33.4 Å². The molecule has 0 bridgehead atoms. The lowest BCUT2D eigenvalue weighted by Gasteiger charge is -2.09. The molecule has 0 spiro atoms. The molecule has 3 nitrogen and oxygen atoms in total. The summed E-state index contributed by atoms with van der Waals surface area (Å²) in [6.07, 6.45) is 7.95. The summed E-state index contributed by atoms with van der Waals surface area (Å²) in [5.41, 5.74) is 14.2. The summed E-state index contributed by atoms with van der Waals surface area (Å²) in [4.78, 5) is 0. The zero-order valence-electron chi connectivity index (χ0n) is 30.7. The molecule has 0 saturated heterocycles. The first kappa shape index (κ1) is 33.1. The van der Waals surface area contributed by atoms with E-state index in [-0.39, 0.29) is 0 Å². The van der Waals surface area contributed by atoms with Gasteiger partial charge in [0.1, 0.15) is 0 Å². The van der Waals surface area contributed by atoms with Crippen molar-refractivity contribution in [3.05, 3.63) is 218 Å². The summed E-state index contributed by atoms with van der Waals surface area (Å²) in [5, 5.41) is 13.8. The van der Waals surface area contributed by atoms with Crippen molar-refractivity contribution in [3.63, 3.8) is 0 Å². The molecule has 10 rings (SSSR count). The van der Waals surface area contributed by atoms with Crippen LogP contribution in [-0.2, 0) is 0 Å². The Balaban J connectivity index is 0.942. The van der Waals surface area contributed by atoms with Gasteiger partial charge in [-0.15, -0.1) is 0 Å². The van der Waals surface area contributed by atoms with Gasteiger partial charge in [-0.2, -0.15) is 0 Å². The third-order valence-electron chi connectivity index (χ3n) is 10.8. The summed E-state index contributed by atoms with van der Waals surface area (Å²) < 4.78 is 4.62. The third kappa shape index (κ3) is 5.92. The van der Waals surface area contributed by atoms with Gasteiger partial charge in [0.2, 0.25) is 0 Å². The maximum absolute atomic E-state index is 8.87. The minimum atomic E-state index is 0.465. The van der Waals surface area contributed by atoms with Gasteiger partial charge < -0.3 is 14.5 Å². The highest BCUT2D eigenvalue weighted by Crippen LogP contribution is 2.37. The van der Waals surface area contributed by atoms with Crippen LogP contribution in [0, 0.1) is 5.41 Å². The number of benzene rings is 8. The monoisotopic (exact) mass is 715 g/mol. The van der Waals surface area contributed by atoms with E-state index in [9.17, 15) is 0 Å². The predicted octanol–water partition coefficient (Wildman–Crippen LogP) is 14.0. The molecule has 0 saturated carbocycles. The first-order valence-corrected chi connectivity index (χ1v) is 19.0. The first-order valence-electron chi connectivity index (χ1n) is 19.0. The van der Waals surface area contributed by atoms with Crippen molar-refractivity contribution in [1.82, 2.24) is 9.13 Å². The zero-order chi connectivity index (χ0) is 37.4. The van der Waals surface area contributed by atoms with Gasteiger partial charge in [0, 0.05) is 33.4 Å². The highest BCUT2D eigenvalue weighted by atomic mass is 15.0. The van der Waals surface area contributed by atoms with Crippen LogP contribution in [0.5, 0.6) is 0 Å². The Hall–Kier alpha value is -7.49. The van der Waals surface area contributed by atoms with Crippen LogP contribution in [0.15, 0.2) is 212 Å². The molecule has 264 valence electrons. The van der Waals surface area contributed by atoms with Crippen LogP contribution in [-0.4, -0.2) is 14.8 Å². The Labute approximate surface area is 325 Å². The number of rotatable bonds is 8. The number of para-hydroxylation sites is 3. The predicted molar refractivity (Wildman–Crippen MR) is 238 cm³/mol. The number of nitrogens with zero attached hydrogens (tertiary/aromatic N) is 2. The van der Waals surface area contributed by atoms with E-state index in [1.807, 2.05) is 36.4 Å². The van der Waals surface area contributed by atoms with Crippen LogP contribution in [0.1, 0.15) is 5.56 Å². The van der Waals surface area contributed by atoms with Gasteiger partial charge in [-0.1, -0.05) is 152 Å². The second-order valence-corrected chi connectivity index (χ2v) is 14.2. The topological polar surface area (TPSA) is 33.7 Å². The van der Waals surface area contributed by atoms with E-state index < -0.39 is 0 Å². The molecule has 0 radical (unpaired) electrons. The number of nitrogens with one attached hydrogen (secondary N) is 1. The van der Waals surface area contributed by atoms with Crippen LogP contribution in [0.25, 0.3) is 88.9 Å². The van der Waals surface area contributed by atoms with E-state index >= 15 is 0 Å². The number of hydrogen-bond donors (Lipinski definition) is 1. The Morgan fingerprint density at radius 2 is 0.911 bits per heavy atom. The van der Waals surface area contributed by atoms with Crippen LogP contribution in [0.3, 0.4) is 0 Å².